The molecule has 1 amide bonds. The van der Waals surface area contributed by atoms with Crippen LogP contribution < -0.4 is 10.0 Å². The molecule has 0 saturated carbocycles. The number of amides is 1. The number of halogens is 1. The first kappa shape index (κ1) is 23.6. The molecule has 0 unspecified atom stereocenters. The Labute approximate surface area is 197 Å². The van der Waals surface area contributed by atoms with Crippen molar-refractivity contribution in [2.24, 2.45) is 0 Å². The van der Waals surface area contributed by atoms with E-state index in [0.717, 1.165) is 6.42 Å². The van der Waals surface area contributed by atoms with Gasteiger partial charge in [-0.05, 0) is 55.2 Å². The number of rotatable bonds is 6. The molecule has 1 aliphatic heterocycles. The lowest BCUT2D eigenvalue weighted by Crippen LogP contribution is -2.15. The van der Waals surface area contributed by atoms with E-state index in [4.69, 9.17) is 0 Å². The van der Waals surface area contributed by atoms with E-state index in [1.807, 2.05) is 6.92 Å². The molecule has 2 heterocycles. The van der Waals surface area contributed by atoms with Crippen molar-refractivity contribution >= 4 is 33.3 Å². The Balaban J connectivity index is 1.84. The van der Waals surface area contributed by atoms with Gasteiger partial charge >= 0.3 is 0 Å². The number of hydrogen-bond acceptors (Lipinski definition) is 5. The van der Waals surface area contributed by atoms with Crippen molar-refractivity contribution in [2.75, 3.05) is 10.0 Å². The van der Waals surface area contributed by atoms with E-state index in [9.17, 15) is 22.4 Å². The maximum absolute atomic E-state index is 14.3. The van der Waals surface area contributed by atoms with E-state index in [1.165, 1.54) is 22.9 Å². The number of sulfonamides is 1. The molecular formula is C24H25FN4O4S. The maximum Gasteiger partial charge on any atom is 0.262 e. The molecule has 2 N–H and O–H groups in total. The molecule has 8 nitrogen and oxygen atoms in total. The first-order valence-corrected chi connectivity index (χ1v) is 12.4. The Morgan fingerprint density at radius 1 is 1.12 bits per heavy atom. The van der Waals surface area contributed by atoms with Gasteiger partial charge in [-0.25, -0.2) is 12.8 Å². The third kappa shape index (κ3) is 4.45. The van der Waals surface area contributed by atoms with Crippen LogP contribution in [0.2, 0.25) is 0 Å². The van der Waals surface area contributed by atoms with Crippen LogP contribution in [0.5, 0.6) is 0 Å². The number of nitrogens with one attached hydrogen (secondary N) is 2. The van der Waals surface area contributed by atoms with Gasteiger partial charge in [0.1, 0.15) is 11.6 Å². The summed E-state index contributed by atoms with van der Waals surface area (Å²) in [7, 11) is -4.14. The van der Waals surface area contributed by atoms with Crippen molar-refractivity contribution in [3.05, 3.63) is 59.0 Å². The number of carbonyl (C=O) groups excluding carboxylic acids is 2. The summed E-state index contributed by atoms with van der Waals surface area (Å²) < 4.78 is 44.3. The predicted molar refractivity (Wildman–Crippen MR) is 127 cm³/mol. The number of benzene rings is 2. The van der Waals surface area contributed by atoms with Crippen LogP contribution in [-0.2, 0) is 21.2 Å². The van der Waals surface area contributed by atoms with Crippen molar-refractivity contribution in [1.29, 1.82) is 0 Å². The maximum atomic E-state index is 14.3. The number of carbonyl (C=O) groups is 2. The van der Waals surface area contributed by atoms with Crippen molar-refractivity contribution in [1.82, 2.24) is 9.78 Å². The van der Waals surface area contributed by atoms with E-state index in [-0.39, 0.29) is 41.1 Å². The summed E-state index contributed by atoms with van der Waals surface area (Å²) >= 11 is 0. The SMILES string of the molecule is CCCc1nn2c(c1-c1ccc(C)c(S(=O)(=O)Nc3ccc(C)cc3F)c1)NC(=O)CCC2=O. The van der Waals surface area contributed by atoms with Gasteiger partial charge in [0.15, 0.2) is 0 Å². The summed E-state index contributed by atoms with van der Waals surface area (Å²) in [6.07, 6.45) is 1.34. The summed E-state index contributed by atoms with van der Waals surface area (Å²) in [6.45, 7) is 5.31. The molecule has 178 valence electrons. The Morgan fingerprint density at radius 3 is 2.59 bits per heavy atom. The summed E-state index contributed by atoms with van der Waals surface area (Å²) in [6, 6.07) is 9.06. The van der Waals surface area contributed by atoms with Crippen LogP contribution in [0.1, 0.15) is 47.8 Å². The predicted octanol–water partition coefficient (Wildman–Crippen LogP) is 4.43. The molecule has 0 radical (unpaired) electrons. The van der Waals surface area contributed by atoms with Crippen LogP contribution in [0.3, 0.4) is 0 Å². The molecule has 0 spiro atoms. The first-order valence-electron chi connectivity index (χ1n) is 11.0. The standard InChI is InChI=1S/C24H25FN4O4S/c1-4-5-19-23(24-26-21(30)10-11-22(31)29(24)27-19)16-8-7-15(3)20(13-16)34(32,33)28-18-9-6-14(2)12-17(18)25/h6-9,12-13,28H,4-5,10-11H2,1-3H3,(H,26,30). The fraction of sp³-hybridized carbons (Fsp3) is 0.292. The van der Waals surface area contributed by atoms with Crippen LogP contribution in [0.15, 0.2) is 41.3 Å². The molecule has 1 aliphatic rings. The number of hydrogen-bond donors (Lipinski definition) is 2. The molecule has 0 saturated heterocycles. The molecule has 3 aromatic rings. The van der Waals surface area contributed by atoms with Gasteiger partial charge in [-0.3, -0.25) is 14.3 Å². The zero-order valence-electron chi connectivity index (χ0n) is 19.1. The highest BCUT2D eigenvalue weighted by Crippen LogP contribution is 2.36. The fourth-order valence-electron chi connectivity index (χ4n) is 3.94. The van der Waals surface area contributed by atoms with Gasteiger partial charge < -0.3 is 5.32 Å². The molecule has 0 fully saturated rings. The van der Waals surface area contributed by atoms with E-state index >= 15 is 0 Å². The van der Waals surface area contributed by atoms with Crippen LogP contribution >= 0.6 is 0 Å². The Kier molecular flexibility index (Phi) is 6.26. The van der Waals surface area contributed by atoms with Crippen molar-refractivity contribution in [3.63, 3.8) is 0 Å². The van der Waals surface area contributed by atoms with Crippen molar-refractivity contribution in [3.8, 4) is 11.1 Å². The highest BCUT2D eigenvalue weighted by molar-refractivity contribution is 7.92. The molecule has 0 aliphatic carbocycles. The van der Waals surface area contributed by atoms with E-state index in [0.29, 0.717) is 34.4 Å². The fourth-order valence-corrected chi connectivity index (χ4v) is 5.28. The summed E-state index contributed by atoms with van der Waals surface area (Å²) in [5.41, 5.74) is 2.54. The largest absolute Gasteiger partial charge is 0.310 e. The lowest BCUT2D eigenvalue weighted by molar-refractivity contribution is -0.116. The summed E-state index contributed by atoms with van der Waals surface area (Å²) in [4.78, 5) is 24.8. The molecular weight excluding hydrogens is 459 g/mol. The number of fused-ring (bicyclic) bond motifs is 1. The second-order valence-electron chi connectivity index (χ2n) is 8.34. The molecule has 2 aromatic carbocycles. The lowest BCUT2D eigenvalue weighted by Gasteiger charge is -2.14. The van der Waals surface area contributed by atoms with Gasteiger partial charge in [-0.2, -0.15) is 9.78 Å². The zero-order valence-corrected chi connectivity index (χ0v) is 19.9. The molecule has 0 atom stereocenters. The number of nitrogens with zero attached hydrogens (tertiary/aromatic N) is 2. The smallest absolute Gasteiger partial charge is 0.262 e. The van der Waals surface area contributed by atoms with Crippen LogP contribution in [-0.4, -0.2) is 30.0 Å². The van der Waals surface area contributed by atoms with Gasteiger partial charge in [0.2, 0.25) is 11.8 Å². The number of aromatic nitrogens is 2. The Bertz CT molecular complexity index is 1410. The Hall–Kier alpha value is -3.53. The number of anilines is 2. The second kappa shape index (κ2) is 9.02. The quantitative estimate of drug-likeness (QED) is 0.538. The third-order valence-corrected chi connectivity index (χ3v) is 7.15. The summed E-state index contributed by atoms with van der Waals surface area (Å²) in [5.74, 6) is -1.06. The highest BCUT2D eigenvalue weighted by Gasteiger charge is 2.28. The second-order valence-corrected chi connectivity index (χ2v) is 9.99. The minimum atomic E-state index is -4.14. The van der Waals surface area contributed by atoms with Crippen LogP contribution in [0, 0.1) is 19.7 Å². The average molecular weight is 485 g/mol. The topological polar surface area (TPSA) is 110 Å². The average Bonchev–Trinajstić information content (AvgIpc) is 3.05. The number of aryl methyl sites for hydroxylation is 3. The molecule has 10 heteroatoms. The van der Waals surface area contributed by atoms with Crippen LogP contribution in [0.25, 0.3) is 11.1 Å². The molecule has 4 rings (SSSR count). The molecule has 1 aromatic heterocycles. The normalized spacial score (nSPS) is 13.9. The third-order valence-electron chi connectivity index (χ3n) is 5.64. The minimum Gasteiger partial charge on any atom is -0.310 e. The lowest BCUT2D eigenvalue weighted by atomic mass is 10.0. The summed E-state index contributed by atoms with van der Waals surface area (Å²) in [5, 5.41) is 7.18. The van der Waals surface area contributed by atoms with Gasteiger partial charge in [0.05, 0.1) is 16.3 Å². The molecule has 0 bridgehead atoms. The van der Waals surface area contributed by atoms with Gasteiger partial charge in [0, 0.05) is 18.4 Å². The monoisotopic (exact) mass is 484 g/mol. The van der Waals surface area contributed by atoms with E-state index in [2.05, 4.69) is 15.1 Å². The molecule has 34 heavy (non-hydrogen) atoms. The van der Waals surface area contributed by atoms with Gasteiger partial charge in [0.25, 0.3) is 10.0 Å². The highest BCUT2D eigenvalue weighted by atomic mass is 32.2. The van der Waals surface area contributed by atoms with Crippen molar-refractivity contribution < 1.29 is 22.4 Å². The van der Waals surface area contributed by atoms with E-state index in [1.54, 1.807) is 32.0 Å². The minimum absolute atomic E-state index is 0.0328. The van der Waals surface area contributed by atoms with Crippen molar-refractivity contribution in [2.45, 2.75) is 51.3 Å². The zero-order chi connectivity index (χ0) is 24.6. The van der Waals surface area contributed by atoms with Gasteiger partial charge in [-0.1, -0.05) is 31.5 Å². The van der Waals surface area contributed by atoms with E-state index < -0.39 is 15.8 Å². The van der Waals surface area contributed by atoms with Gasteiger partial charge in [-0.15, -0.1) is 0 Å². The van der Waals surface area contributed by atoms with Crippen LogP contribution in [0.4, 0.5) is 15.9 Å². The first-order chi connectivity index (χ1) is 16.1. The Morgan fingerprint density at radius 2 is 1.88 bits per heavy atom.